The molecule has 1 aliphatic heterocycles. The molecule has 1 aliphatic rings. The molecule has 0 unspecified atom stereocenters. The van der Waals surface area contributed by atoms with E-state index in [2.05, 4.69) is 17.2 Å². The number of hydrogen-bond acceptors (Lipinski definition) is 5. The lowest BCUT2D eigenvalue weighted by atomic mass is 10.2. The predicted molar refractivity (Wildman–Crippen MR) is 124 cm³/mol. The van der Waals surface area contributed by atoms with Crippen molar-refractivity contribution in [2.45, 2.75) is 32.9 Å². The maximum absolute atomic E-state index is 13.4. The number of nitrogens with one attached hydrogen (secondary N) is 1. The highest BCUT2D eigenvalue weighted by molar-refractivity contribution is 7.18. The quantitative estimate of drug-likeness (QED) is 0.529. The summed E-state index contributed by atoms with van der Waals surface area (Å²) >= 11 is 1.33. The number of thiazole rings is 1. The van der Waals surface area contributed by atoms with E-state index in [-0.39, 0.29) is 18.4 Å². The third-order valence-corrected chi connectivity index (χ3v) is 6.17. The number of unbranched alkanes of at least 4 members (excludes halogenated alkanes) is 1. The molecule has 2 amide bonds. The Morgan fingerprint density at radius 3 is 2.26 bits per heavy atom. The molecule has 0 saturated heterocycles. The van der Waals surface area contributed by atoms with Crippen molar-refractivity contribution in [3.8, 4) is 0 Å². The molecule has 0 aliphatic carbocycles. The van der Waals surface area contributed by atoms with Gasteiger partial charge in [0.05, 0.1) is 6.54 Å². The number of hydrogen-bond donors (Lipinski definition) is 1. The number of anilines is 2. The molecular weight excluding hydrogens is 408 g/mol. The number of aromatic nitrogens is 1. The topological polar surface area (TPSA) is 65.5 Å². The van der Waals surface area contributed by atoms with Gasteiger partial charge in [0, 0.05) is 13.1 Å². The molecule has 1 aromatic heterocycles. The van der Waals surface area contributed by atoms with Crippen molar-refractivity contribution in [2.75, 3.05) is 23.3 Å². The molecule has 3 aromatic rings. The molecule has 0 fully saturated rings. The zero-order chi connectivity index (χ0) is 21.6. The first-order chi connectivity index (χ1) is 15.2. The molecule has 160 valence electrons. The van der Waals surface area contributed by atoms with Crippen LogP contribution in [0.25, 0.3) is 0 Å². The van der Waals surface area contributed by atoms with E-state index in [1.807, 2.05) is 60.7 Å². The maximum atomic E-state index is 13.4. The Balaban J connectivity index is 1.67. The molecule has 1 N–H and O–H groups in total. The van der Waals surface area contributed by atoms with E-state index in [0.717, 1.165) is 30.5 Å². The molecule has 2 aromatic carbocycles. The minimum atomic E-state index is -0.149. The second kappa shape index (κ2) is 9.75. The van der Waals surface area contributed by atoms with Gasteiger partial charge in [-0.25, -0.2) is 4.98 Å². The summed E-state index contributed by atoms with van der Waals surface area (Å²) in [5.41, 5.74) is 1.99. The number of carbonyl (C=O) groups is 2. The van der Waals surface area contributed by atoms with Crippen LogP contribution in [0.5, 0.6) is 0 Å². The van der Waals surface area contributed by atoms with Crippen molar-refractivity contribution in [3.05, 3.63) is 76.7 Å². The van der Waals surface area contributed by atoms with E-state index in [4.69, 9.17) is 0 Å². The summed E-state index contributed by atoms with van der Waals surface area (Å²) < 4.78 is 0. The van der Waals surface area contributed by atoms with Gasteiger partial charge in [-0.1, -0.05) is 85.3 Å². The Hall–Kier alpha value is -3.19. The molecular formula is C24H26N4O2S. The first-order valence-corrected chi connectivity index (χ1v) is 11.4. The fourth-order valence-electron chi connectivity index (χ4n) is 3.52. The van der Waals surface area contributed by atoms with Gasteiger partial charge < -0.3 is 10.2 Å². The van der Waals surface area contributed by atoms with Crippen LogP contribution in [0.1, 0.15) is 40.6 Å². The second-order valence-corrected chi connectivity index (χ2v) is 8.56. The molecule has 0 spiro atoms. The van der Waals surface area contributed by atoms with Crippen LogP contribution in [0, 0.1) is 0 Å². The Morgan fingerprint density at radius 1 is 0.968 bits per heavy atom. The zero-order valence-corrected chi connectivity index (χ0v) is 18.4. The van der Waals surface area contributed by atoms with Gasteiger partial charge in [-0.3, -0.25) is 14.5 Å². The number of benzene rings is 2. The zero-order valence-electron chi connectivity index (χ0n) is 17.6. The second-order valence-electron chi connectivity index (χ2n) is 7.56. The Kier molecular flexibility index (Phi) is 6.62. The Morgan fingerprint density at radius 2 is 1.61 bits per heavy atom. The summed E-state index contributed by atoms with van der Waals surface area (Å²) in [6.07, 6.45) is 2.09. The summed E-state index contributed by atoms with van der Waals surface area (Å²) in [7, 11) is 0. The first-order valence-electron chi connectivity index (χ1n) is 10.6. The summed E-state index contributed by atoms with van der Waals surface area (Å²) in [4.78, 5) is 35.1. The van der Waals surface area contributed by atoms with Crippen LogP contribution in [0.4, 0.5) is 10.9 Å². The SMILES string of the molecule is CCCCNc1nc2c(s1)C(=O)N(Cc1ccccc1)CC(=O)N2Cc1ccccc1. The molecule has 31 heavy (non-hydrogen) atoms. The van der Waals surface area contributed by atoms with Crippen molar-refractivity contribution in [1.29, 1.82) is 0 Å². The number of fused-ring (bicyclic) bond motifs is 1. The predicted octanol–water partition coefficient (Wildman–Crippen LogP) is 4.54. The maximum Gasteiger partial charge on any atom is 0.268 e. The molecule has 6 nitrogen and oxygen atoms in total. The number of nitrogens with zero attached hydrogens (tertiary/aromatic N) is 3. The lowest BCUT2D eigenvalue weighted by molar-refractivity contribution is -0.119. The summed E-state index contributed by atoms with van der Waals surface area (Å²) in [5, 5.41) is 3.99. The Bertz CT molecular complexity index is 1040. The fourth-order valence-corrected chi connectivity index (χ4v) is 4.49. The van der Waals surface area contributed by atoms with E-state index >= 15 is 0 Å². The van der Waals surface area contributed by atoms with Crippen molar-refractivity contribution < 1.29 is 9.59 Å². The van der Waals surface area contributed by atoms with Gasteiger partial charge in [0.25, 0.3) is 5.91 Å². The first kappa shape index (κ1) is 21.1. The highest BCUT2D eigenvalue weighted by atomic mass is 32.1. The fraction of sp³-hybridized carbons (Fsp3) is 0.292. The molecule has 2 heterocycles. The third-order valence-electron chi connectivity index (χ3n) is 5.18. The van der Waals surface area contributed by atoms with Crippen molar-refractivity contribution in [2.24, 2.45) is 0 Å². The number of amides is 2. The minimum absolute atomic E-state index is 0.0300. The van der Waals surface area contributed by atoms with E-state index in [1.54, 1.807) is 9.80 Å². The van der Waals surface area contributed by atoms with Gasteiger partial charge in [-0.15, -0.1) is 0 Å². The van der Waals surface area contributed by atoms with Crippen LogP contribution in [0.3, 0.4) is 0 Å². The van der Waals surface area contributed by atoms with E-state index in [1.165, 1.54) is 11.3 Å². The largest absolute Gasteiger partial charge is 0.361 e. The van der Waals surface area contributed by atoms with Gasteiger partial charge in [-0.05, 0) is 17.5 Å². The van der Waals surface area contributed by atoms with Crippen LogP contribution in [-0.2, 0) is 17.9 Å². The average molecular weight is 435 g/mol. The van der Waals surface area contributed by atoms with Gasteiger partial charge in [0.2, 0.25) is 5.91 Å². The lowest BCUT2D eigenvalue weighted by Crippen LogP contribution is -2.39. The van der Waals surface area contributed by atoms with Crippen molar-refractivity contribution in [3.63, 3.8) is 0 Å². The van der Waals surface area contributed by atoms with E-state index < -0.39 is 0 Å². The highest BCUT2D eigenvalue weighted by Gasteiger charge is 2.35. The molecule has 4 rings (SSSR count). The van der Waals surface area contributed by atoms with E-state index in [9.17, 15) is 9.59 Å². The summed E-state index contributed by atoms with van der Waals surface area (Å²) in [6.45, 7) is 3.72. The van der Waals surface area contributed by atoms with Gasteiger partial charge in [0.1, 0.15) is 11.4 Å². The molecule has 7 heteroatoms. The number of carbonyl (C=O) groups excluding carboxylic acids is 2. The van der Waals surface area contributed by atoms with Crippen LogP contribution in [-0.4, -0.2) is 34.8 Å². The lowest BCUT2D eigenvalue weighted by Gasteiger charge is -2.22. The summed E-state index contributed by atoms with van der Waals surface area (Å²) in [5.74, 6) is 0.180. The Labute approximate surface area is 186 Å². The normalized spacial score (nSPS) is 13.8. The van der Waals surface area contributed by atoms with Gasteiger partial charge in [0.15, 0.2) is 10.9 Å². The minimum Gasteiger partial charge on any atom is -0.361 e. The van der Waals surface area contributed by atoms with E-state index in [0.29, 0.717) is 28.9 Å². The van der Waals surface area contributed by atoms with Crippen molar-refractivity contribution in [1.82, 2.24) is 9.88 Å². The van der Waals surface area contributed by atoms with Crippen LogP contribution >= 0.6 is 11.3 Å². The average Bonchev–Trinajstić information content (AvgIpc) is 3.18. The van der Waals surface area contributed by atoms with Crippen molar-refractivity contribution >= 4 is 34.1 Å². The third kappa shape index (κ3) is 4.94. The highest BCUT2D eigenvalue weighted by Crippen LogP contribution is 2.34. The van der Waals surface area contributed by atoms with Crippen LogP contribution in [0.2, 0.25) is 0 Å². The number of rotatable bonds is 8. The van der Waals surface area contributed by atoms with Gasteiger partial charge in [-0.2, -0.15) is 0 Å². The van der Waals surface area contributed by atoms with Gasteiger partial charge >= 0.3 is 0 Å². The summed E-state index contributed by atoms with van der Waals surface area (Å²) in [6, 6.07) is 19.6. The molecule has 0 atom stereocenters. The van der Waals surface area contributed by atoms with Crippen LogP contribution < -0.4 is 10.2 Å². The molecule has 0 bridgehead atoms. The smallest absolute Gasteiger partial charge is 0.268 e. The molecule has 0 saturated carbocycles. The standard InChI is InChI=1S/C24H26N4O2S/c1-2-3-14-25-24-26-22-21(31-24)23(30)27(15-18-10-6-4-7-11-18)17-20(29)28(22)16-19-12-8-5-9-13-19/h4-13H,2-3,14-17H2,1H3,(H,25,26). The monoisotopic (exact) mass is 434 g/mol. The molecule has 0 radical (unpaired) electrons. The van der Waals surface area contributed by atoms with Crippen LogP contribution in [0.15, 0.2) is 60.7 Å².